The first-order valence-corrected chi connectivity index (χ1v) is 13.9. The van der Waals surface area contributed by atoms with Crippen LogP contribution >= 0.6 is 0 Å². The molecule has 1 amide bonds. The van der Waals surface area contributed by atoms with Gasteiger partial charge in [0, 0.05) is 48.7 Å². The summed E-state index contributed by atoms with van der Waals surface area (Å²) in [5.41, 5.74) is 2.05. The Bertz CT molecular complexity index is 1620. The average molecular weight is 595 g/mol. The predicted octanol–water partition coefficient (Wildman–Crippen LogP) is 5.29. The number of hydrogen-bond acceptors (Lipinski definition) is 8. The van der Waals surface area contributed by atoms with Gasteiger partial charge in [-0.2, -0.15) is 23.0 Å². The van der Waals surface area contributed by atoms with E-state index in [0.29, 0.717) is 40.9 Å². The molecule has 1 fully saturated rings. The second-order valence-electron chi connectivity index (χ2n) is 10.6. The van der Waals surface area contributed by atoms with Crippen LogP contribution in [0, 0.1) is 13.8 Å². The molecule has 2 aromatic heterocycles. The third kappa shape index (κ3) is 6.95. The lowest BCUT2D eigenvalue weighted by Gasteiger charge is -2.23. The van der Waals surface area contributed by atoms with Crippen molar-refractivity contribution in [2.45, 2.75) is 45.5 Å². The Morgan fingerprint density at radius 3 is 2.65 bits per heavy atom. The van der Waals surface area contributed by atoms with E-state index in [2.05, 4.69) is 31.0 Å². The zero-order chi connectivity index (χ0) is 30.7. The number of aryl methyl sites for hydroxylation is 2. The van der Waals surface area contributed by atoms with Crippen molar-refractivity contribution in [1.82, 2.24) is 24.6 Å². The number of rotatable bonds is 9. The Morgan fingerprint density at radius 1 is 1.09 bits per heavy atom. The lowest BCUT2D eigenvalue weighted by molar-refractivity contribution is -0.137. The summed E-state index contributed by atoms with van der Waals surface area (Å²) < 4.78 is 43.0. The molecular weight excluding hydrogens is 561 g/mol. The average Bonchev–Trinajstić information content (AvgIpc) is 3.59. The molecule has 0 radical (unpaired) electrons. The number of aliphatic hydroxyl groups is 1. The minimum Gasteiger partial charge on any atom is -0.395 e. The monoisotopic (exact) mass is 594 g/mol. The van der Waals surface area contributed by atoms with Crippen LogP contribution in [0.3, 0.4) is 0 Å². The van der Waals surface area contributed by atoms with Crippen LogP contribution in [0.4, 0.5) is 36.2 Å². The van der Waals surface area contributed by atoms with Gasteiger partial charge < -0.3 is 21.1 Å². The molecule has 1 aliphatic rings. The largest absolute Gasteiger partial charge is 0.416 e. The molecule has 1 saturated heterocycles. The molecule has 1 atom stereocenters. The van der Waals surface area contributed by atoms with E-state index in [4.69, 9.17) is 0 Å². The SMILES string of the molecule is CNc1cc(-n2nc(C)cc2Nc2cc(NC(=O)c3cc(CN4CCCC4CO)cc(C(F)(F)F)c3)ccc2C)ncn1. The second-order valence-corrected chi connectivity index (χ2v) is 10.6. The molecule has 5 rings (SSSR count). The number of carbonyl (C=O) groups excluding carboxylic acids is 1. The second kappa shape index (κ2) is 12.4. The van der Waals surface area contributed by atoms with Gasteiger partial charge in [-0.25, -0.2) is 9.97 Å². The maximum absolute atomic E-state index is 13.8. The highest BCUT2D eigenvalue weighted by Gasteiger charge is 2.32. The van der Waals surface area contributed by atoms with E-state index in [-0.39, 0.29) is 24.8 Å². The summed E-state index contributed by atoms with van der Waals surface area (Å²) in [7, 11) is 1.75. The first-order chi connectivity index (χ1) is 20.5. The van der Waals surface area contributed by atoms with Crippen LogP contribution in [-0.4, -0.2) is 61.9 Å². The molecule has 0 spiro atoms. The van der Waals surface area contributed by atoms with Gasteiger partial charge in [0.1, 0.15) is 18.0 Å². The van der Waals surface area contributed by atoms with E-state index in [1.165, 1.54) is 12.4 Å². The first kappa shape index (κ1) is 30.0. The Labute approximate surface area is 247 Å². The van der Waals surface area contributed by atoms with Gasteiger partial charge in [0.05, 0.1) is 17.9 Å². The van der Waals surface area contributed by atoms with Crippen LogP contribution in [0.5, 0.6) is 0 Å². The van der Waals surface area contributed by atoms with E-state index >= 15 is 0 Å². The van der Waals surface area contributed by atoms with Gasteiger partial charge in [-0.3, -0.25) is 9.69 Å². The summed E-state index contributed by atoms with van der Waals surface area (Å²) in [6, 6.07) is 12.1. The fraction of sp³-hybridized carbons (Fsp3) is 0.333. The van der Waals surface area contributed by atoms with Gasteiger partial charge in [-0.1, -0.05) is 6.07 Å². The lowest BCUT2D eigenvalue weighted by Crippen LogP contribution is -2.31. The summed E-state index contributed by atoms with van der Waals surface area (Å²) in [6.07, 6.45) is -1.55. The summed E-state index contributed by atoms with van der Waals surface area (Å²) in [6.45, 7) is 4.56. The topological polar surface area (TPSA) is 120 Å². The number of likely N-dealkylation sites (tertiary alicyclic amines) is 1. The molecule has 1 aliphatic heterocycles. The number of alkyl halides is 3. The molecule has 0 saturated carbocycles. The molecule has 10 nitrogen and oxygen atoms in total. The Kier molecular flexibility index (Phi) is 8.64. The van der Waals surface area contributed by atoms with Crippen molar-refractivity contribution in [3.63, 3.8) is 0 Å². The highest BCUT2D eigenvalue weighted by molar-refractivity contribution is 6.04. The highest BCUT2D eigenvalue weighted by atomic mass is 19.4. The Hall–Kier alpha value is -4.49. The molecule has 0 aliphatic carbocycles. The van der Waals surface area contributed by atoms with Crippen LogP contribution in [0.25, 0.3) is 5.82 Å². The van der Waals surface area contributed by atoms with Crippen molar-refractivity contribution in [2.24, 2.45) is 0 Å². The Morgan fingerprint density at radius 2 is 1.91 bits per heavy atom. The number of hydrogen-bond donors (Lipinski definition) is 4. The summed E-state index contributed by atoms with van der Waals surface area (Å²) in [5, 5.41) is 23.2. The van der Waals surface area contributed by atoms with Gasteiger partial charge >= 0.3 is 6.18 Å². The lowest BCUT2D eigenvalue weighted by atomic mass is 10.0. The summed E-state index contributed by atoms with van der Waals surface area (Å²) in [5.74, 6) is 1.12. The summed E-state index contributed by atoms with van der Waals surface area (Å²) >= 11 is 0. The maximum Gasteiger partial charge on any atom is 0.416 e. The fourth-order valence-electron chi connectivity index (χ4n) is 5.16. The van der Waals surface area contributed by atoms with E-state index in [0.717, 1.165) is 36.2 Å². The van der Waals surface area contributed by atoms with Crippen molar-refractivity contribution in [3.05, 3.63) is 82.8 Å². The molecule has 4 N–H and O–H groups in total. The molecule has 0 bridgehead atoms. The third-order valence-electron chi connectivity index (χ3n) is 7.39. The van der Waals surface area contributed by atoms with Crippen LogP contribution in [0.1, 0.15) is 45.6 Å². The standard InChI is InChI=1S/C30H33F3N8O2/c1-18-6-7-23(13-25(18)38-28-9-19(2)39-41(28)27-14-26(34-3)35-17-36-27)37-29(43)21-10-20(11-22(12-21)30(31,32)33)15-40-8-4-5-24(40)16-42/h6-7,9-14,17,24,38,42H,4-5,8,15-16H2,1-3H3,(H,37,43)(H,34,35,36). The number of nitrogens with zero attached hydrogens (tertiary/aromatic N) is 5. The van der Waals surface area contributed by atoms with Crippen molar-refractivity contribution in [3.8, 4) is 5.82 Å². The van der Waals surface area contributed by atoms with Gasteiger partial charge in [-0.15, -0.1) is 0 Å². The van der Waals surface area contributed by atoms with Crippen LogP contribution in [0.15, 0.2) is 54.9 Å². The smallest absolute Gasteiger partial charge is 0.395 e. The number of halogens is 3. The molecule has 43 heavy (non-hydrogen) atoms. The normalized spacial score (nSPS) is 15.5. The number of carbonyl (C=O) groups is 1. The molecule has 1 unspecified atom stereocenters. The van der Waals surface area contributed by atoms with Gasteiger partial charge in [0.15, 0.2) is 5.82 Å². The van der Waals surface area contributed by atoms with Crippen molar-refractivity contribution < 1.29 is 23.1 Å². The van der Waals surface area contributed by atoms with Crippen LogP contribution in [-0.2, 0) is 12.7 Å². The van der Waals surface area contributed by atoms with Crippen LogP contribution < -0.4 is 16.0 Å². The minimum atomic E-state index is -4.62. The minimum absolute atomic E-state index is 0.0630. The van der Waals surface area contributed by atoms with E-state index < -0.39 is 17.6 Å². The van der Waals surface area contributed by atoms with E-state index in [9.17, 15) is 23.1 Å². The number of aliphatic hydroxyl groups excluding tert-OH is 1. The molecule has 3 heterocycles. The van der Waals surface area contributed by atoms with E-state index in [1.807, 2.05) is 24.8 Å². The van der Waals surface area contributed by atoms with Gasteiger partial charge in [-0.05, 0) is 74.7 Å². The van der Waals surface area contributed by atoms with Gasteiger partial charge in [0.25, 0.3) is 5.91 Å². The molecule has 2 aromatic carbocycles. The third-order valence-corrected chi connectivity index (χ3v) is 7.39. The molecular formula is C30H33F3N8O2. The van der Waals surface area contributed by atoms with Gasteiger partial charge in [0.2, 0.25) is 0 Å². The number of nitrogens with one attached hydrogen (secondary N) is 3. The number of amides is 1. The summed E-state index contributed by atoms with van der Waals surface area (Å²) in [4.78, 5) is 23.7. The van der Waals surface area contributed by atoms with E-state index in [1.54, 1.807) is 36.0 Å². The predicted molar refractivity (Wildman–Crippen MR) is 158 cm³/mol. The van der Waals surface area contributed by atoms with Crippen molar-refractivity contribution in [2.75, 3.05) is 36.1 Å². The first-order valence-electron chi connectivity index (χ1n) is 13.9. The number of aromatic nitrogens is 4. The fourth-order valence-corrected chi connectivity index (χ4v) is 5.16. The van der Waals surface area contributed by atoms with Crippen molar-refractivity contribution >= 4 is 28.9 Å². The number of anilines is 4. The van der Waals surface area contributed by atoms with Crippen molar-refractivity contribution in [1.29, 1.82) is 0 Å². The van der Waals surface area contributed by atoms with Crippen LogP contribution in [0.2, 0.25) is 0 Å². The molecule has 4 aromatic rings. The highest BCUT2D eigenvalue weighted by Crippen LogP contribution is 2.32. The molecule has 13 heteroatoms. The number of benzene rings is 2. The zero-order valence-corrected chi connectivity index (χ0v) is 24.0. The Balaban J connectivity index is 1.39. The molecule has 226 valence electrons. The quantitative estimate of drug-likeness (QED) is 0.206. The zero-order valence-electron chi connectivity index (χ0n) is 24.0. The maximum atomic E-state index is 13.8.